The molecule has 124 valence electrons. The number of aryl methyl sites for hydroxylation is 1. The van der Waals surface area contributed by atoms with Crippen LogP contribution in [0.25, 0.3) is 5.69 Å². The molecule has 0 aliphatic rings. The zero-order chi connectivity index (χ0) is 17.8. The molecule has 0 N–H and O–H groups in total. The maximum atomic E-state index is 11.9. The second-order valence-corrected chi connectivity index (χ2v) is 5.68. The van der Waals surface area contributed by atoms with Crippen LogP contribution in [0.4, 0.5) is 0 Å². The van der Waals surface area contributed by atoms with Crippen LogP contribution in [-0.2, 0) is 0 Å². The van der Waals surface area contributed by atoms with Gasteiger partial charge in [0.25, 0.3) is 5.91 Å². The van der Waals surface area contributed by atoms with Crippen molar-refractivity contribution in [3.63, 3.8) is 0 Å². The summed E-state index contributed by atoms with van der Waals surface area (Å²) in [5.41, 5.74) is 3.28. The number of nitrogens with zero attached hydrogens (tertiary/aromatic N) is 5. The van der Waals surface area contributed by atoms with Gasteiger partial charge < -0.3 is 4.90 Å². The van der Waals surface area contributed by atoms with Gasteiger partial charge in [-0.25, -0.2) is 14.6 Å². The summed E-state index contributed by atoms with van der Waals surface area (Å²) in [4.78, 5) is 21.8. The smallest absolute Gasteiger partial charge is 0.293 e. The maximum absolute atomic E-state index is 11.9. The Morgan fingerprint density at radius 1 is 1.12 bits per heavy atom. The third kappa shape index (κ3) is 3.90. The fourth-order valence-corrected chi connectivity index (χ4v) is 2.16. The molecule has 3 aromatic rings. The van der Waals surface area contributed by atoms with Crippen LogP contribution in [-0.4, -0.2) is 44.7 Å². The molecule has 0 unspecified atom stereocenters. The van der Waals surface area contributed by atoms with Gasteiger partial charge in [0.05, 0.1) is 5.69 Å². The standard InChI is InChI=1S/C19H17N5O/c1-14-6-4-8-16(21-14)11-10-15-7-5-9-17(12-15)24-13-20-18(22-24)19(25)23(2)3/h4-9,12-13H,1-3H3. The van der Waals surface area contributed by atoms with Gasteiger partial charge in [-0.2, -0.15) is 0 Å². The predicted octanol–water partition coefficient (Wildman–Crippen LogP) is 2.07. The number of carbonyl (C=O) groups excluding carboxylic acids is 1. The highest BCUT2D eigenvalue weighted by atomic mass is 16.2. The lowest BCUT2D eigenvalue weighted by molar-refractivity contribution is 0.0816. The molecular weight excluding hydrogens is 314 g/mol. The largest absolute Gasteiger partial charge is 0.342 e. The van der Waals surface area contributed by atoms with E-state index >= 15 is 0 Å². The molecule has 0 radical (unpaired) electrons. The quantitative estimate of drug-likeness (QED) is 0.675. The second-order valence-electron chi connectivity index (χ2n) is 5.68. The fraction of sp³-hybridized carbons (Fsp3) is 0.158. The molecule has 0 aliphatic carbocycles. The van der Waals surface area contributed by atoms with Gasteiger partial charge in [0.2, 0.25) is 5.82 Å². The summed E-state index contributed by atoms with van der Waals surface area (Å²) in [7, 11) is 3.33. The molecule has 6 nitrogen and oxygen atoms in total. The van der Waals surface area contributed by atoms with Crippen molar-refractivity contribution in [3.8, 4) is 17.5 Å². The van der Waals surface area contributed by atoms with Crippen LogP contribution in [0.3, 0.4) is 0 Å². The number of pyridine rings is 1. The lowest BCUT2D eigenvalue weighted by Gasteiger charge is -2.05. The van der Waals surface area contributed by atoms with E-state index in [-0.39, 0.29) is 11.7 Å². The highest BCUT2D eigenvalue weighted by molar-refractivity contribution is 5.89. The number of carbonyl (C=O) groups is 1. The molecule has 1 amide bonds. The van der Waals surface area contributed by atoms with Crippen LogP contribution in [0, 0.1) is 18.8 Å². The Morgan fingerprint density at radius 3 is 2.68 bits per heavy atom. The summed E-state index contributed by atoms with van der Waals surface area (Å²) in [6.45, 7) is 1.93. The Balaban J connectivity index is 1.87. The van der Waals surface area contributed by atoms with Gasteiger partial charge in [0.15, 0.2) is 0 Å². The van der Waals surface area contributed by atoms with Gasteiger partial charge in [0, 0.05) is 25.4 Å². The molecule has 2 aromatic heterocycles. The van der Waals surface area contributed by atoms with E-state index in [4.69, 9.17) is 0 Å². The highest BCUT2D eigenvalue weighted by Crippen LogP contribution is 2.09. The molecular formula is C19H17N5O. The number of rotatable bonds is 2. The summed E-state index contributed by atoms with van der Waals surface area (Å²) >= 11 is 0. The molecule has 1 aromatic carbocycles. The van der Waals surface area contributed by atoms with Crippen molar-refractivity contribution in [2.75, 3.05) is 14.1 Å². The minimum atomic E-state index is -0.236. The van der Waals surface area contributed by atoms with Gasteiger partial charge in [-0.1, -0.05) is 18.1 Å². The number of benzene rings is 1. The summed E-state index contributed by atoms with van der Waals surface area (Å²) in [6.07, 6.45) is 1.52. The summed E-state index contributed by atoms with van der Waals surface area (Å²) in [6, 6.07) is 13.3. The van der Waals surface area contributed by atoms with Crippen molar-refractivity contribution in [1.29, 1.82) is 0 Å². The number of hydrogen-bond acceptors (Lipinski definition) is 4. The summed E-state index contributed by atoms with van der Waals surface area (Å²) in [5.74, 6) is 6.07. The minimum absolute atomic E-state index is 0.158. The fourth-order valence-electron chi connectivity index (χ4n) is 2.16. The molecule has 0 atom stereocenters. The van der Waals surface area contributed by atoms with E-state index in [0.717, 1.165) is 22.6 Å². The molecule has 0 bridgehead atoms. The van der Waals surface area contributed by atoms with Crippen molar-refractivity contribution < 1.29 is 4.79 Å². The minimum Gasteiger partial charge on any atom is -0.342 e. The molecule has 25 heavy (non-hydrogen) atoms. The van der Waals surface area contributed by atoms with E-state index < -0.39 is 0 Å². The van der Waals surface area contributed by atoms with Crippen LogP contribution in [0.1, 0.15) is 27.6 Å². The third-order valence-corrected chi connectivity index (χ3v) is 3.42. The predicted molar refractivity (Wildman–Crippen MR) is 94.3 cm³/mol. The summed E-state index contributed by atoms with van der Waals surface area (Å²) in [5, 5.41) is 4.23. The van der Waals surface area contributed by atoms with Crippen molar-refractivity contribution in [2.45, 2.75) is 6.92 Å². The Bertz CT molecular complexity index is 978. The highest BCUT2D eigenvalue weighted by Gasteiger charge is 2.13. The van der Waals surface area contributed by atoms with Crippen LogP contribution < -0.4 is 0 Å². The van der Waals surface area contributed by atoms with Crippen molar-refractivity contribution in [2.24, 2.45) is 0 Å². The molecule has 6 heteroatoms. The molecule has 0 saturated heterocycles. The first kappa shape index (κ1) is 16.4. The molecule has 0 fully saturated rings. The number of hydrogen-bond donors (Lipinski definition) is 0. The Kier molecular flexibility index (Phi) is 4.57. The molecule has 3 rings (SSSR count). The van der Waals surface area contributed by atoms with E-state index in [1.54, 1.807) is 18.8 Å². The van der Waals surface area contributed by atoms with Gasteiger partial charge in [-0.15, -0.1) is 5.10 Å². The Morgan fingerprint density at radius 2 is 1.92 bits per heavy atom. The van der Waals surface area contributed by atoms with Crippen LogP contribution in [0.5, 0.6) is 0 Å². The normalized spacial score (nSPS) is 10.0. The van der Waals surface area contributed by atoms with E-state index in [9.17, 15) is 4.79 Å². The third-order valence-electron chi connectivity index (χ3n) is 3.42. The second kappa shape index (κ2) is 6.97. The first-order valence-electron chi connectivity index (χ1n) is 7.72. The van der Waals surface area contributed by atoms with E-state index in [2.05, 4.69) is 26.9 Å². The van der Waals surface area contributed by atoms with Gasteiger partial charge in [-0.05, 0) is 43.2 Å². The molecule has 2 heterocycles. The monoisotopic (exact) mass is 331 g/mol. The average molecular weight is 331 g/mol. The topological polar surface area (TPSA) is 63.9 Å². The van der Waals surface area contributed by atoms with Crippen LogP contribution in [0.15, 0.2) is 48.8 Å². The van der Waals surface area contributed by atoms with E-state index in [0.29, 0.717) is 0 Å². The van der Waals surface area contributed by atoms with Gasteiger partial charge >= 0.3 is 0 Å². The number of amides is 1. The van der Waals surface area contributed by atoms with E-state index in [1.165, 1.54) is 11.2 Å². The van der Waals surface area contributed by atoms with Gasteiger partial charge in [0.1, 0.15) is 12.0 Å². The number of aromatic nitrogens is 4. The van der Waals surface area contributed by atoms with Crippen LogP contribution in [0.2, 0.25) is 0 Å². The Labute approximate surface area is 146 Å². The zero-order valence-corrected chi connectivity index (χ0v) is 14.3. The first-order chi connectivity index (χ1) is 12.0. The van der Waals surface area contributed by atoms with Crippen molar-refractivity contribution in [1.82, 2.24) is 24.6 Å². The van der Waals surface area contributed by atoms with Crippen molar-refractivity contribution >= 4 is 5.91 Å². The van der Waals surface area contributed by atoms with Gasteiger partial charge in [-0.3, -0.25) is 4.79 Å². The molecule has 0 spiro atoms. The molecule has 0 aliphatic heterocycles. The van der Waals surface area contributed by atoms with Crippen LogP contribution >= 0.6 is 0 Å². The maximum Gasteiger partial charge on any atom is 0.293 e. The lowest BCUT2D eigenvalue weighted by Crippen LogP contribution is -2.23. The average Bonchev–Trinajstić information content (AvgIpc) is 3.09. The first-order valence-corrected chi connectivity index (χ1v) is 7.72. The zero-order valence-electron chi connectivity index (χ0n) is 14.3. The Hall–Kier alpha value is -3.46. The lowest BCUT2D eigenvalue weighted by atomic mass is 10.2. The van der Waals surface area contributed by atoms with E-state index in [1.807, 2.05) is 49.4 Å². The van der Waals surface area contributed by atoms with Crippen molar-refractivity contribution in [3.05, 3.63) is 71.6 Å². The SMILES string of the molecule is Cc1cccc(C#Cc2cccc(-n3cnc(C(=O)N(C)C)n3)c2)n1. The molecule has 0 saturated carbocycles. The summed E-state index contributed by atoms with van der Waals surface area (Å²) < 4.78 is 1.56.